The highest BCUT2D eigenvalue weighted by molar-refractivity contribution is 6.15. The molecule has 1 aliphatic heterocycles. The molecule has 0 fully saturated rings. The summed E-state index contributed by atoms with van der Waals surface area (Å²) in [6.07, 6.45) is 1.61. The lowest BCUT2D eigenvalue weighted by molar-refractivity contribution is -0.122. The maximum Gasteiger partial charge on any atom is 0.271 e. The van der Waals surface area contributed by atoms with Gasteiger partial charge in [-0.1, -0.05) is 48.5 Å². The van der Waals surface area contributed by atoms with Gasteiger partial charge in [0.05, 0.1) is 23.1 Å². The summed E-state index contributed by atoms with van der Waals surface area (Å²) < 4.78 is 14.6. The molecule has 6 nitrogen and oxygen atoms in total. The number of hydrogen-bond donors (Lipinski definition) is 2. The molecule has 34 heavy (non-hydrogen) atoms. The summed E-state index contributed by atoms with van der Waals surface area (Å²) >= 11 is 0. The predicted octanol–water partition coefficient (Wildman–Crippen LogP) is 5.18. The summed E-state index contributed by atoms with van der Waals surface area (Å²) in [4.78, 5) is 35.9. The van der Waals surface area contributed by atoms with E-state index in [9.17, 15) is 14.0 Å². The lowest BCUT2D eigenvalue weighted by Gasteiger charge is -2.26. The summed E-state index contributed by atoms with van der Waals surface area (Å²) in [5.74, 6) is -1.46. The fourth-order valence-electron chi connectivity index (χ4n) is 4.70. The minimum absolute atomic E-state index is 0.135. The van der Waals surface area contributed by atoms with Crippen LogP contribution in [-0.2, 0) is 10.3 Å². The van der Waals surface area contributed by atoms with Crippen molar-refractivity contribution in [2.75, 3.05) is 4.90 Å². The number of para-hydroxylation sites is 3. The first-order valence-electron chi connectivity index (χ1n) is 10.8. The number of amides is 2. The molecule has 6 rings (SSSR count). The van der Waals surface area contributed by atoms with Gasteiger partial charge in [0.15, 0.2) is 0 Å². The average molecular weight is 450 g/mol. The minimum atomic E-state index is -1.40. The molecular weight excluding hydrogens is 431 g/mol. The first-order chi connectivity index (χ1) is 16.5. The topological polar surface area (TPSA) is 78.1 Å². The van der Waals surface area contributed by atoms with Crippen LogP contribution in [0, 0.1) is 5.82 Å². The van der Waals surface area contributed by atoms with Crippen molar-refractivity contribution in [1.29, 1.82) is 0 Å². The molecule has 0 saturated heterocycles. The molecule has 0 unspecified atom stereocenters. The number of carbonyl (C=O) groups excluding carboxylic acids is 2. The van der Waals surface area contributed by atoms with E-state index in [2.05, 4.69) is 15.3 Å². The summed E-state index contributed by atoms with van der Waals surface area (Å²) in [5.41, 5.74) is 1.81. The van der Waals surface area contributed by atoms with E-state index in [1.165, 1.54) is 11.0 Å². The molecule has 2 amide bonds. The van der Waals surface area contributed by atoms with Gasteiger partial charge in [-0.15, -0.1) is 0 Å². The Morgan fingerprint density at radius 3 is 2.47 bits per heavy atom. The van der Waals surface area contributed by atoms with E-state index >= 15 is 0 Å². The number of H-pyrrole nitrogens is 1. The molecule has 0 bridgehead atoms. The second-order valence-electron chi connectivity index (χ2n) is 8.47. The molecule has 2 N–H and O–H groups in total. The Kier molecular flexibility index (Phi) is 4.29. The predicted molar refractivity (Wildman–Crippen MR) is 128 cm³/mol. The molecular formula is C27H19FN4O2. The monoisotopic (exact) mass is 450 g/mol. The fourth-order valence-corrected chi connectivity index (χ4v) is 4.70. The summed E-state index contributed by atoms with van der Waals surface area (Å²) in [6, 6.07) is 22.7. The number of benzene rings is 3. The number of nitrogens with zero attached hydrogens (tertiary/aromatic N) is 2. The molecule has 2 aromatic heterocycles. The van der Waals surface area contributed by atoms with Crippen LogP contribution >= 0.6 is 0 Å². The molecule has 166 valence electrons. The van der Waals surface area contributed by atoms with E-state index in [1.807, 2.05) is 24.3 Å². The molecule has 0 radical (unpaired) electrons. The number of fused-ring (bicyclic) bond motifs is 4. The van der Waals surface area contributed by atoms with Crippen LogP contribution in [0.4, 0.5) is 15.8 Å². The molecule has 1 aliphatic rings. The number of halogens is 1. The van der Waals surface area contributed by atoms with Gasteiger partial charge < -0.3 is 10.3 Å². The molecule has 0 spiro atoms. The molecule has 0 saturated carbocycles. The van der Waals surface area contributed by atoms with E-state index < -0.39 is 23.2 Å². The van der Waals surface area contributed by atoms with Gasteiger partial charge >= 0.3 is 0 Å². The molecule has 3 heterocycles. The Bertz CT molecular complexity index is 1630. The van der Waals surface area contributed by atoms with Gasteiger partial charge in [0, 0.05) is 21.9 Å². The van der Waals surface area contributed by atoms with Gasteiger partial charge in [-0.3, -0.25) is 14.5 Å². The van der Waals surface area contributed by atoms with Crippen molar-refractivity contribution < 1.29 is 14.0 Å². The molecule has 7 heteroatoms. The first kappa shape index (κ1) is 20.1. The number of anilines is 2. The van der Waals surface area contributed by atoms with Gasteiger partial charge in [-0.2, -0.15) is 0 Å². The summed E-state index contributed by atoms with van der Waals surface area (Å²) in [5, 5.41) is 4.72. The van der Waals surface area contributed by atoms with E-state index in [-0.39, 0.29) is 11.4 Å². The minimum Gasteiger partial charge on any atom is -0.353 e. The number of aromatic nitrogens is 2. The Balaban J connectivity index is 1.41. The molecule has 1 atom stereocenters. The maximum atomic E-state index is 14.6. The van der Waals surface area contributed by atoms with E-state index in [0.717, 1.165) is 21.8 Å². The summed E-state index contributed by atoms with van der Waals surface area (Å²) in [6.45, 7) is 1.64. The van der Waals surface area contributed by atoms with Gasteiger partial charge in [-0.05, 0) is 37.3 Å². The average Bonchev–Trinajstić information content (AvgIpc) is 3.32. The van der Waals surface area contributed by atoms with Crippen molar-refractivity contribution in [3.05, 3.63) is 102 Å². The number of hydrogen-bond acceptors (Lipinski definition) is 3. The SMILES string of the molecule is C[C@]1(NC(=O)c2cc3c(cn2)[nH]c2ccccc23)C(=O)N(c2ccccc2F)c2ccccc21. The van der Waals surface area contributed by atoms with Crippen LogP contribution in [0.2, 0.25) is 0 Å². The van der Waals surface area contributed by atoms with Crippen LogP contribution in [0.15, 0.2) is 85.1 Å². The van der Waals surface area contributed by atoms with Crippen molar-refractivity contribution >= 4 is 45.0 Å². The van der Waals surface area contributed by atoms with E-state index in [0.29, 0.717) is 11.3 Å². The zero-order valence-corrected chi connectivity index (χ0v) is 18.2. The van der Waals surface area contributed by atoms with Crippen LogP contribution in [0.1, 0.15) is 23.0 Å². The van der Waals surface area contributed by atoms with Crippen molar-refractivity contribution in [3.8, 4) is 0 Å². The standard InChI is InChI=1S/C27H19FN4O2/c1-27(18-9-3-6-12-23(18)32(26(27)34)24-13-7-4-10-19(24)28)31-25(33)21-14-17-16-8-2-5-11-20(16)30-22(17)15-29-21/h2-15,30H,1H3,(H,31,33)/t27-/m1/s1. The van der Waals surface area contributed by atoms with Gasteiger partial charge in [0.2, 0.25) is 0 Å². The normalized spacial score (nSPS) is 17.4. The van der Waals surface area contributed by atoms with E-state index in [1.54, 1.807) is 61.7 Å². The van der Waals surface area contributed by atoms with Crippen LogP contribution in [0.3, 0.4) is 0 Å². The Labute approximate surface area is 194 Å². The van der Waals surface area contributed by atoms with Crippen molar-refractivity contribution in [1.82, 2.24) is 15.3 Å². The number of pyridine rings is 1. The van der Waals surface area contributed by atoms with Crippen LogP contribution < -0.4 is 10.2 Å². The quantitative estimate of drug-likeness (QED) is 0.398. The molecule has 0 aliphatic carbocycles. The van der Waals surface area contributed by atoms with Crippen LogP contribution in [-0.4, -0.2) is 21.8 Å². The highest BCUT2D eigenvalue weighted by atomic mass is 19.1. The lowest BCUT2D eigenvalue weighted by Crippen LogP contribution is -2.50. The highest BCUT2D eigenvalue weighted by Gasteiger charge is 2.49. The second kappa shape index (κ2) is 7.25. The zero-order chi connectivity index (χ0) is 23.4. The number of nitrogens with one attached hydrogen (secondary N) is 2. The third-order valence-electron chi connectivity index (χ3n) is 6.39. The second-order valence-corrected chi connectivity index (χ2v) is 8.47. The van der Waals surface area contributed by atoms with Crippen LogP contribution in [0.5, 0.6) is 0 Å². The van der Waals surface area contributed by atoms with E-state index in [4.69, 9.17) is 0 Å². The third-order valence-corrected chi connectivity index (χ3v) is 6.39. The van der Waals surface area contributed by atoms with Crippen molar-refractivity contribution in [3.63, 3.8) is 0 Å². The Morgan fingerprint density at radius 1 is 0.941 bits per heavy atom. The summed E-state index contributed by atoms with van der Waals surface area (Å²) in [7, 11) is 0. The van der Waals surface area contributed by atoms with Gasteiger partial charge in [0.1, 0.15) is 17.1 Å². The maximum absolute atomic E-state index is 14.6. The van der Waals surface area contributed by atoms with Gasteiger partial charge in [0.25, 0.3) is 11.8 Å². The third kappa shape index (κ3) is 2.83. The molecule has 5 aromatic rings. The Morgan fingerprint density at radius 2 is 1.65 bits per heavy atom. The van der Waals surface area contributed by atoms with Crippen molar-refractivity contribution in [2.45, 2.75) is 12.5 Å². The zero-order valence-electron chi connectivity index (χ0n) is 18.2. The number of carbonyl (C=O) groups is 2. The smallest absolute Gasteiger partial charge is 0.271 e. The Hall–Kier alpha value is -4.52. The number of aromatic amines is 1. The molecule has 3 aromatic carbocycles. The fraction of sp³-hybridized carbons (Fsp3) is 0.0741. The highest BCUT2D eigenvalue weighted by Crippen LogP contribution is 2.44. The first-order valence-corrected chi connectivity index (χ1v) is 10.8. The largest absolute Gasteiger partial charge is 0.353 e. The lowest BCUT2D eigenvalue weighted by atomic mass is 9.93. The number of rotatable bonds is 3. The van der Waals surface area contributed by atoms with Gasteiger partial charge in [-0.25, -0.2) is 9.37 Å². The van der Waals surface area contributed by atoms with Crippen molar-refractivity contribution in [2.24, 2.45) is 0 Å². The van der Waals surface area contributed by atoms with Crippen LogP contribution in [0.25, 0.3) is 21.8 Å².